The molecule has 0 aliphatic carbocycles. The van der Waals surface area contributed by atoms with E-state index in [-0.39, 0.29) is 0 Å². The Bertz CT molecular complexity index is 630. The fourth-order valence-corrected chi connectivity index (χ4v) is 2.00. The van der Waals surface area contributed by atoms with E-state index >= 15 is 0 Å². The lowest BCUT2D eigenvalue weighted by atomic mass is 10.2. The topological polar surface area (TPSA) is 17.8 Å². The van der Waals surface area contributed by atoms with Gasteiger partial charge >= 0.3 is 0 Å². The Kier molecular flexibility index (Phi) is 3.47. The Hall–Kier alpha value is -2.09. The van der Waals surface area contributed by atoms with Crippen LogP contribution < -0.4 is 0 Å². The molecule has 18 heavy (non-hydrogen) atoms. The summed E-state index contributed by atoms with van der Waals surface area (Å²) in [7, 11) is 0. The molecule has 2 aromatic rings. The summed E-state index contributed by atoms with van der Waals surface area (Å²) in [6, 6.07) is 8.10. The summed E-state index contributed by atoms with van der Waals surface area (Å²) >= 11 is 0. The Morgan fingerprint density at radius 1 is 1.33 bits per heavy atom. The van der Waals surface area contributed by atoms with E-state index in [0.29, 0.717) is 0 Å². The summed E-state index contributed by atoms with van der Waals surface area (Å²) in [6.45, 7) is 12.3. The van der Waals surface area contributed by atoms with Gasteiger partial charge in [-0.05, 0) is 25.5 Å². The number of rotatable bonds is 4. The highest BCUT2D eigenvalue weighted by molar-refractivity contribution is 5.85. The van der Waals surface area contributed by atoms with Crippen molar-refractivity contribution >= 4 is 22.3 Å². The van der Waals surface area contributed by atoms with E-state index in [2.05, 4.69) is 35.7 Å². The zero-order valence-electron chi connectivity index (χ0n) is 11.0. The van der Waals surface area contributed by atoms with E-state index in [1.54, 1.807) is 0 Å². The third kappa shape index (κ3) is 2.02. The highest BCUT2D eigenvalue weighted by atomic mass is 15.1. The van der Waals surface area contributed by atoms with Crippen molar-refractivity contribution in [3.63, 3.8) is 0 Å². The van der Waals surface area contributed by atoms with Gasteiger partial charge in [0.25, 0.3) is 0 Å². The lowest BCUT2D eigenvalue weighted by Gasteiger charge is -2.10. The van der Waals surface area contributed by atoms with Crippen LogP contribution in [0.5, 0.6) is 0 Å². The average molecular weight is 238 g/mol. The number of imidazole rings is 1. The minimum absolute atomic E-state index is 0.876. The fourth-order valence-electron chi connectivity index (χ4n) is 2.00. The van der Waals surface area contributed by atoms with Crippen LogP contribution in [-0.2, 0) is 0 Å². The molecule has 0 radical (unpaired) electrons. The average Bonchev–Trinajstić information content (AvgIpc) is 2.77. The Balaban J connectivity index is 2.72. The highest BCUT2D eigenvalue weighted by Gasteiger charge is 2.12. The quantitative estimate of drug-likeness (QED) is 0.717. The summed E-state index contributed by atoms with van der Waals surface area (Å²) in [5.74, 6) is 0.876. The highest BCUT2D eigenvalue weighted by Crippen LogP contribution is 2.25. The zero-order valence-corrected chi connectivity index (χ0v) is 11.0. The first-order valence-corrected chi connectivity index (χ1v) is 6.16. The minimum Gasteiger partial charge on any atom is -0.297 e. The lowest BCUT2D eigenvalue weighted by molar-refractivity contribution is 1.01. The molecule has 1 aromatic carbocycles. The van der Waals surface area contributed by atoms with Crippen molar-refractivity contribution in [2.24, 2.45) is 0 Å². The third-order valence-electron chi connectivity index (χ3n) is 2.94. The number of hydrogen-bond donors (Lipinski definition) is 0. The van der Waals surface area contributed by atoms with Crippen molar-refractivity contribution in [3.05, 3.63) is 55.4 Å². The Morgan fingerprint density at radius 3 is 2.72 bits per heavy atom. The van der Waals surface area contributed by atoms with Crippen LogP contribution >= 0.6 is 0 Å². The van der Waals surface area contributed by atoms with Crippen LogP contribution in [0.3, 0.4) is 0 Å². The molecule has 0 saturated carbocycles. The Morgan fingerprint density at radius 2 is 2.06 bits per heavy atom. The molecule has 1 heterocycles. The lowest BCUT2D eigenvalue weighted by Crippen LogP contribution is -2.00. The normalized spacial score (nSPS) is 11.2. The fraction of sp³-hybridized carbons (Fsp3) is 0.188. The summed E-state index contributed by atoms with van der Waals surface area (Å²) in [5.41, 5.74) is 4.01. The van der Waals surface area contributed by atoms with Crippen LogP contribution in [0.4, 0.5) is 0 Å². The predicted octanol–water partition coefficient (Wildman–Crippen LogP) is 4.51. The zero-order chi connectivity index (χ0) is 13.1. The molecule has 0 unspecified atom stereocenters. The molecule has 92 valence electrons. The largest absolute Gasteiger partial charge is 0.297 e. The van der Waals surface area contributed by atoms with Crippen molar-refractivity contribution in [2.45, 2.75) is 20.3 Å². The molecule has 0 amide bonds. The maximum Gasteiger partial charge on any atom is 0.144 e. The van der Waals surface area contributed by atoms with E-state index in [0.717, 1.165) is 34.5 Å². The molecule has 0 fully saturated rings. The molecular formula is C16H18N2. The van der Waals surface area contributed by atoms with Crippen LogP contribution in [-0.4, -0.2) is 9.55 Å². The van der Waals surface area contributed by atoms with Crippen molar-refractivity contribution in [2.75, 3.05) is 0 Å². The molecule has 2 nitrogen and oxygen atoms in total. The van der Waals surface area contributed by atoms with Crippen LogP contribution in [0.25, 0.3) is 22.3 Å². The molecule has 0 N–H and O–H groups in total. The van der Waals surface area contributed by atoms with Crippen molar-refractivity contribution < 1.29 is 0 Å². The van der Waals surface area contributed by atoms with Crippen LogP contribution in [0, 0.1) is 0 Å². The molecule has 0 bridgehead atoms. The van der Waals surface area contributed by atoms with Gasteiger partial charge in [0.2, 0.25) is 0 Å². The van der Waals surface area contributed by atoms with Gasteiger partial charge in [-0.2, -0.15) is 0 Å². The van der Waals surface area contributed by atoms with Gasteiger partial charge in [0, 0.05) is 11.3 Å². The maximum atomic E-state index is 4.65. The molecular weight excluding hydrogens is 220 g/mol. The van der Waals surface area contributed by atoms with Gasteiger partial charge in [-0.15, -0.1) is 0 Å². The number of aromatic nitrogens is 2. The van der Waals surface area contributed by atoms with Gasteiger partial charge < -0.3 is 0 Å². The monoisotopic (exact) mass is 238 g/mol. The van der Waals surface area contributed by atoms with Gasteiger partial charge in [0.1, 0.15) is 5.82 Å². The molecule has 2 heteroatoms. The molecule has 1 aromatic heterocycles. The number of nitrogens with zero attached hydrogens (tertiary/aromatic N) is 2. The number of para-hydroxylation sites is 2. The van der Waals surface area contributed by atoms with Gasteiger partial charge in [0.15, 0.2) is 0 Å². The van der Waals surface area contributed by atoms with Gasteiger partial charge in [-0.3, -0.25) is 4.57 Å². The van der Waals surface area contributed by atoms with Crippen molar-refractivity contribution in [1.82, 2.24) is 9.55 Å². The Labute approximate surface area is 108 Å². The second-order valence-electron chi connectivity index (χ2n) is 4.20. The molecule has 0 aliphatic rings. The molecule has 0 atom stereocenters. The molecule has 0 saturated heterocycles. The summed E-state index contributed by atoms with van der Waals surface area (Å²) < 4.78 is 2.09. The number of fused-ring (bicyclic) bond motifs is 1. The summed E-state index contributed by atoms with van der Waals surface area (Å²) in [5, 5.41) is 0. The summed E-state index contributed by atoms with van der Waals surface area (Å²) in [4.78, 5) is 4.65. The van der Waals surface area contributed by atoms with E-state index in [1.165, 1.54) is 0 Å². The van der Waals surface area contributed by atoms with E-state index in [1.807, 2.05) is 37.3 Å². The minimum atomic E-state index is 0.876. The van der Waals surface area contributed by atoms with E-state index in [4.69, 9.17) is 0 Å². The smallest absolute Gasteiger partial charge is 0.144 e. The number of benzene rings is 1. The first-order chi connectivity index (χ1) is 8.69. The van der Waals surface area contributed by atoms with Gasteiger partial charge in [-0.1, -0.05) is 44.4 Å². The molecule has 0 spiro atoms. The third-order valence-corrected chi connectivity index (χ3v) is 2.94. The van der Waals surface area contributed by atoms with Crippen molar-refractivity contribution in [3.8, 4) is 0 Å². The van der Waals surface area contributed by atoms with E-state index < -0.39 is 0 Å². The molecule has 0 aliphatic heterocycles. The summed E-state index contributed by atoms with van der Waals surface area (Å²) in [6.07, 6.45) is 4.83. The number of hydrogen-bond acceptors (Lipinski definition) is 1. The van der Waals surface area contributed by atoms with Crippen LogP contribution in [0.15, 0.2) is 49.6 Å². The van der Waals surface area contributed by atoms with Gasteiger partial charge in [-0.25, -0.2) is 4.98 Å². The second-order valence-corrected chi connectivity index (χ2v) is 4.20. The first kappa shape index (κ1) is 12.4. The predicted molar refractivity (Wildman–Crippen MR) is 79.2 cm³/mol. The second kappa shape index (κ2) is 5.05. The standard InChI is InChI=1S/C16H18N2/c1-5-9-12(3)16-17-14-10-7-8-11-15(14)18(16)13(4)6-2/h5,7-11H,3-4,6H2,1-2H3. The van der Waals surface area contributed by atoms with Crippen LogP contribution in [0.1, 0.15) is 26.1 Å². The van der Waals surface area contributed by atoms with Crippen molar-refractivity contribution in [1.29, 1.82) is 0 Å². The van der Waals surface area contributed by atoms with Crippen LogP contribution in [0.2, 0.25) is 0 Å². The SMILES string of the molecule is C=C(C=CC)c1nc2ccccc2n1C(=C)CC. The van der Waals surface area contributed by atoms with E-state index in [9.17, 15) is 0 Å². The maximum absolute atomic E-state index is 4.65. The molecule has 2 rings (SSSR count). The first-order valence-electron chi connectivity index (χ1n) is 6.16. The van der Waals surface area contributed by atoms with Gasteiger partial charge in [0.05, 0.1) is 11.0 Å². The number of allylic oxidation sites excluding steroid dienone is 4.